The number of ether oxygens (including phenoxy) is 1. The summed E-state index contributed by atoms with van der Waals surface area (Å²) in [6, 6.07) is 8.50. The van der Waals surface area contributed by atoms with Crippen LogP contribution in [-0.2, 0) is 10.3 Å². The first-order chi connectivity index (χ1) is 10.2. The number of rotatable bonds is 3. The molecule has 4 nitrogen and oxygen atoms in total. The number of hydrogen-bond donors (Lipinski definition) is 2. The first-order valence-electron chi connectivity index (χ1n) is 8.04. The zero-order valence-electron chi connectivity index (χ0n) is 14.3. The number of alkyl carbamates (subject to hydrolysis) is 1. The van der Waals surface area contributed by atoms with Crippen molar-refractivity contribution in [2.24, 2.45) is 0 Å². The van der Waals surface area contributed by atoms with Gasteiger partial charge < -0.3 is 15.4 Å². The molecule has 0 aromatic heterocycles. The molecule has 122 valence electrons. The second-order valence-corrected chi connectivity index (χ2v) is 7.42. The molecule has 22 heavy (non-hydrogen) atoms. The topological polar surface area (TPSA) is 50.4 Å². The first-order valence-corrected chi connectivity index (χ1v) is 8.04. The molecule has 1 aliphatic rings. The molecule has 1 saturated heterocycles. The second-order valence-electron chi connectivity index (χ2n) is 7.42. The predicted molar refractivity (Wildman–Crippen MR) is 89.1 cm³/mol. The second kappa shape index (κ2) is 6.29. The van der Waals surface area contributed by atoms with E-state index in [4.69, 9.17) is 4.74 Å². The number of amides is 1. The number of benzene rings is 1. The Morgan fingerprint density at radius 2 is 2.09 bits per heavy atom. The van der Waals surface area contributed by atoms with Gasteiger partial charge in [0.1, 0.15) is 5.60 Å². The highest BCUT2D eigenvalue weighted by Gasteiger charge is 2.38. The Morgan fingerprint density at radius 1 is 1.36 bits per heavy atom. The largest absolute Gasteiger partial charge is 0.444 e. The smallest absolute Gasteiger partial charge is 0.408 e. The predicted octanol–water partition coefficient (Wildman–Crippen LogP) is 3.52. The molecule has 0 aliphatic carbocycles. The van der Waals surface area contributed by atoms with Crippen molar-refractivity contribution in [3.63, 3.8) is 0 Å². The van der Waals surface area contributed by atoms with E-state index < -0.39 is 5.60 Å². The molecule has 0 spiro atoms. The van der Waals surface area contributed by atoms with Crippen molar-refractivity contribution < 1.29 is 9.53 Å². The lowest BCUT2D eigenvalue weighted by Crippen LogP contribution is -2.49. The van der Waals surface area contributed by atoms with Gasteiger partial charge >= 0.3 is 6.09 Å². The summed E-state index contributed by atoms with van der Waals surface area (Å²) in [4.78, 5) is 12.3. The van der Waals surface area contributed by atoms with Crippen LogP contribution in [0, 0.1) is 0 Å². The molecule has 1 heterocycles. The number of nitrogens with one attached hydrogen (secondary N) is 2. The third kappa shape index (κ3) is 4.01. The number of carbonyl (C=O) groups is 1. The van der Waals surface area contributed by atoms with Crippen molar-refractivity contribution in [2.45, 2.75) is 58.1 Å². The van der Waals surface area contributed by atoms with Gasteiger partial charge in [-0.25, -0.2) is 4.79 Å². The van der Waals surface area contributed by atoms with E-state index in [2.05, 4.69) is 48.7 Å². The van der Waals surface area contributed by atoms with Crippen molar-refractivity contribution in [3.8, 4) is 0 Å². The number of carbonyl (C=O) groups excluding carboxylic acids is 1. The third-order valence-electron chi connectivity index (χ3n) is 4.00. The van der Waals surface area contributed by atoms with Crippen LogP contribution in [0.2, 0.25) is 0 Å². The fourth-order valence-corrected chi connectivity index (χ4v) is 2.81. The molecule has 0 radical (unpaired) electrons. The van der Waals surface area contributed by atoms with Gasteiger partial charge in [-0.3, -0.25) is 0 Å². The summed E-state index contributed by atoms with van der Waals surface area (Å²) in [6.45, 7) is 11.6. The minimum atomic E-state index is -0.489. The van der Waals surface area contributed by atoms with Crippen LogP contribution in [0.15, 0.2) is 24.3 Å². The molecule has 2 rings (SSSR count). The maximum Gasteiger partial charge on any atom is 0.408 e. The maximum atomic E-state index is 12.3. The first kappa shape index (κ1) is 16.8. The highest BCUT2D eigenvalue weighted by atomic mass is 16.6. The van der Waals surface area contributed by atoms with Gasteiger partial charge in [-0.15, -0.1) is 0 Å². The highest BCUT2D eigenvalue weighted by molar-refractivity contribution is 5.69. The van der Waals surface area contributed by atoms with Crippen LogP contribution in [0.5, 0.6) is 0 Å². The molecule has 2 N–H and O–H groups in total. The Kier molecular flexibility index (Phi) is 4.81. The quantitative estimate of drug-likeness (QED) is 0.898. The average molecular weight is 304 g/mol. The normalized spacial score (nSPS) is 21.9. The third-order valence-corrected chi connectivity index (χ3v) is 4.00. The zero-order chi connectivity index (χ0) is 16.4. The molecule has 4 heteroatoms. The Balaban J connectivity index is 2.25. The van der Waals surface area contributed by atoms with E-state index in [0.717, 1.165) is 25.1 Å². The van der Waals surface area contributed by atoms with Crippen LogP contribution in [0.4, 0.5) is 4.79 Å². The van der Waals surface area contributed by atoms with Crippen LogP contribution in [-0.4, -0.2) is 24.8 Å². The van der Waals surface area contributed by atoms with Gasteiger partial charge in [0.25, 0.3) is 0 Å². The van der Waals surface area contributed by atoms with Crippen molar-refractivity contribution in [3.05, 3.63) is 35.4 Å². The van der Waals surface area contributed by atoms with Crippen LogP contribution in [0.25, 0.3) is 0 Å². The fraction of sp³-hybridized carbons (Fsp3) is 0.611. The lowest BCUT2D eigenvalue weighted by molar-refractivity contribution is 0.0461. The van der Waals surface area contributed by atoms with E-state index in [1.165, 1.54) is 5.56 Å². The Bertz CT molecular complexity index is 526. The van der Waals surface area contributed by atoms with Crippen LogP contribution < -0.4 is 10.6 Å². The minimum Gasteiger partial charge on any atom is -0.444 e. The van der Waals surface area contributed by atoms with Crippen molar-refractivity contribution in [1.82, 2.24) is 10.6 Å². The van der Waals surface area contributed by atoms with Crippen molar-refractivity contribution in [2.75, 3.05) is 13.1 Å². The van der Waals surface area contributed by atoms with E-state index in [1.807, 2.05) is 20.8 Å². The lowest BCUT2D eigenvalue weighted by atomic mass is 9.86. The van der Waals surface area contributed by atoms with Gasteiger partial charge in [0.05, 0.1) is 5.54 Å². The average Bonchev–Trinajstić information content (AvgIpc) is 2.86. The maximum absolute atomic E-state index is 12.3. The zero-order valence-corrected chi connectivity index (χ0v) is 14.3. The molecule has 1 unspecified atom stereocenters. The lowest BCUT2D eigenvalue weighted by Gasteiger charge is -2.32. The summed E-state index contributed by atoms with van der Waals surface area (Å²) >= 11 is 0. The van der Waals surface area contributed by atoms with Crippen LogP contribution in [0.1, 0.15) is 58.1 Å². The van der Waals surface area contributed by atoms with E-state index in [0.29, 0.717) is 5.92 Å². The van der Waals surface area contributed by atoms with Crippen LogP contribution >= 0.6 is 0 Å². The summed E-state index contributed by atoms with van der Waals surface area (Å²) in [5, 5.41) is 6.47. The minimum absolute atomic E-state index is 0.355. The summed E-state index contributed by atoms with van der Waals surface area (Å²) in [5.74, 6) is 0.466. The van der Waals surface area contributed by atoms with Gasteiger partial charge in [0.15, 0.2) is 0 Å². The van der Waals surface area contributed by atoms with Gasteiger partial charge in [-0.2, -0.15) is 0 Å². The Morgan fingerprint density at radius 3 is 2.64 bits per heavy atom. The van der Waals surface area contributed by atoms with Gasteiger partial charge in [-0.05, 0) is 50.8 Å². The summed E-state index contributed by atoms with van der Waals surface area (Å²) in [7, 11) is 0. The van der Waals surface area contributed by atoms with Crippen molar-refractivity contribution in [1.29, 1.82) is 0 Å². The molecule has 0 bridgehead atoms. The van der Waals surface area contributed by atoms with Gasteiger partial charge in [0, 0.05) is 6.54 Å². The molecule has 1 fully saturated rings. The molecular weight excluding hydrogens is 276 g/mol. The summed E-state index contributed by atoms with van der Waals surface area (Å²) in [6.07, 6.45) is 0.513. The molecular formula is C18H28N2O2. The molecule has 1 atom stereocenters. The molecule has 0 saturated carbocycles. The van der Waals surface area contributed by atoms with E-state index in [1.54, 1.807) is 0 Å². The number of hydrogen-bond acceptors (Lipinski definition) is 3. The summed E-state index contributed by atoms with van der Waals surface area (Å²) < 4.78 is 5.45. The monoisotopic (exact) mass is 304 g/mol. The molecule has 1 amide bonds. The van der Waals surface area contributed by atoms with E-state index >= 15 is 0 Å². The van der Waals surface area contributed by atoms with Gasteiger partial charge in [-0.1, -0.05) is 38.1 Å². The Hall–Kier alpha value is -1.55. The SMILES string of the molecule is CC(C)c1cccc(C2(NC(=O)OC(C)(C)C)CCNC2)c1. The Labute approximate surface area is 133 Å². The van der Waals surface area contributed by atoms with E-state index in [-0.39, 0.29) is 11.6 Å². The standard InChI is InChI=1S/C18H28N2O2/c1-13(2)14-7-6-8-15(11-14)18(9-10-19-12-18)20-16(21)22-17(3,4)5/h6-8,11,13,19H,9-10,12H2,1-5H3,(H,20,21). The summed E-state index contributed by atoms with van der Waals surface area (Å²) in [5.41, 5.74) is 1.56. The van der Waals surface area contributed by atoms with Gasteiger partial charge in [0.2, 0.25) is 0 Å². The van der Waals surface area contributed by atoms with Crippen molar-refractivity contribution >= 4 is 6.09 Å². The fourth-order valence-electron chi connectivity index (χ4n) is 2.81. The molecule has 1 aromatic carbocycles. The highest BCUT2D eigenvalue weighted by Crippen LogP contribution is 2.30. The molecule has 1 aromatic rings. The molecule has 1 aliphatic heterocycles. The van der Waals surface area contributed by atoms with Crippen LogP contribution in [0.3, 0.4) is 0 Å². The van der Waals surface area contributed by atoms with E-state index in [9.17, 15) is 4.79 Å².